The Kier molecular flexibility index (Phi) is 3.99. The van der Waals surface area contributed by atoms with Crippen LogP contribution in [0.3, 0.4) is 0 Å². The van der Waals surface area contributed by atoms with Gasteiger partial charge in [-0.2, -0.15) is 0 Å². The standard InChI is InChI=1S/C13H10BrClN2O/c1-8-6-9(7-16-12(8)14)17-13(18)10-4-2-3-5-11(10)15/h2-7H,1H3,(H,17,18). The number of hydrogen-bond acceptors (Lipinski definition) is 2. The Balaban J connectivity index is 2.22. The quantitative estimate of drug-likeness (QED) is 0.846. The van der Waals surface area contributed by atoms with Crippen LogP contribution in [0.5, 0.6) is 0 Å². The van der Waals surface area contributed by atoms with Gasteiger partial charge in [-0.1, -0.05) is 23.7 Å². The number of halogens is 2. The van der Waals surface area contributed by atoms with E-state index in [-0.39, 0.29) is 5.91 Å². The molecule has 0 aliphatic heterocycles. The summed E-state index contributed by atoms with van der Waals surface area (Å²) in [6.07, 6.45) is 1.59. The average molecular weight is 326 g/mol. The molecule has 1 heterocycles. The molecule has 2 rings (SSSR count). The molecule has 0 spiro atoms. The molecule has 3 nitrogen and oxygen atoms in total. The number of amides is 1. The number of anilines is 1. The molecule has 1 N–H and O–H groups in total. The number of carbonyl (C=O) groups excluding carboxylic acids is 1. The first-order chi connectivity index (χ1) is 8.58. The number of nitrogens with zero attached hydrogens (tertiary/aromatic N) is 1. The SMILES string of the molecule is Cc1cc(NC(=O)c2ccccc2Cl)cnc1Br. The molecule has 0 aliphatic rings. The molecule has 0 aliphatic carbocycles. The molecule has 0 saturated carbocycles. The Bertz CT molecular complexity index is 601. The minimum Gasteiger partial charge on any atom is -0.321 e. The lowest BCUT2D eigenvalue weighted by molar-refractivity contribution is 0.102. The van der Waals surface area contributed by atoms with Gasteiger partial charge in [0.25, 0.3) is 5.91 Å². The molecule has 92 valence electrons. The van der Waals surface area contributed by atoms with Crippen LogP contribution >= 0.6 is 27.5 Å². The van der Waals surface area contributed by atoms with Crippen molar-refractivity contribution >= 4 is 39.1 Å². The highest BCUT2D eigenvalue weighted by atomic mass is 79.9. The summed E-state index contributed by atoms with van der Waals surface area (Å²) in [5.74, 6) is -0.246. The molecule has 2 aromatic rings. The van der Waals surface area contributed by atoms with Crippen molar-refractivity contribution in [2.45, 2.75) is 6.92 Å². The van der Waals surface area contributed by atoms with Gasteiger partial charge in [-0.3, -0.25) is 4.79 Å². The molecule has 1 aromatic carbocycles. The van der Waals surface area contributed by atoms with Crippen LogP contribution in [-0.2, 0) is 0 Å². The second kappa shape index (κ2) is 5.50. The smallest absolute Gasteiger partial charge is 0.257 e. The molecule has 0 saturated heterocycles. The van der Waals surface area contributed by atoms with Crippen molar-refractivity contribution in [3.63, 3.8) is 0 Å². The predicted molar refractivity (Wildman–Crippen MR) is 76.1 cm³/mol. The third-order valence-corrected chi connectivity index (χ3v) is 3.55. The van der Waals surface area contributed by atoms with Gasteiger partial charge >= 0.3 is 0 Å². The number of pyridine rings is 1. The first-order valence-corrected chi connectivity index (χ1v) is 6.43. The number of nitrogens with one attached hydrogen (secondary N) is 1. The van der Waals surface area contributed by atoms with E-state index in [1.165, 1.54) is 0 Å². The van der Waals surface area contributed by atoms with Gasteiger partial charge in [0.05, 0.1) is 22.5 Å². The summed E-state index contributed by atoms with van der Waals surface area (Å²) in [4.78, 5) is 16.1. The zero-order valence-corrected chi connectivity index (χ0v) is 11.9. The maximum absolute atomic E-state index is 12.0. The largest absolute Gasteiger partial charge is 0.321 e. The number of rotatable bonds is 2. The van der Waals surface area contributed by atoms with Crippen LogP contribution in [0.25, 0.3) is 0 Å². The molecule has 1 amide bonds. The van der Waals surface area contributed by atoms with E-state index >= 15 is 0 Å². The number of hydrogen-bond donors (Lipinski definition) is 1. The van der Waals surface area contributed by atoms with Crippen molar-refractivity contribution in [1.82, 2.24) is 4.98 Å². The van der Waals surface area contributed by atoms with E-state index in [4.69, 9.17) is 11.6 Å². The number of benzene rings is 1. The summed E-state index contributed by atoms with van der Waals surface area (Å²) in [7, 11) is 0. The molecule has 1 aromatic heterocycles. The van der Waals surface area contributed by atoms with Crippen molar-refractivity contribution in [3.8, 4) is 0 Å². The summed E-state index contributed by atoms with van der Waals surface area (Å²) in [6, 6.07) is 8.75. The van der Waals surface area contributed by atoms with E-state index in [9.17, 15) is 4.79 Å². The highest BCUT2D eigenvalue weighted by Crippen LogP contribution is 2.19. The van der Waals surface area contributed by atoms with E-state index < -0.39 is 0 Å². The lowest BCUT2D eigenvalue weighted by Crippen LogP contribution is -2.12. The average Bonchev–Trinajstić information content (AvgIpc) is 2.34. The third-order valence-electron chi connectivity index (χ3n) is 2.39. The third kappa shape index (κ3) is 2.89. The van der Waals surface area contributed by atoms with Crippen molar-refractivity contribution < 1.29 is 4.79 Å². The Morgan fingerprint density at radius 3 is 2.78 bits per heavy atom. The van der Waals surface area contributed by atoms with Gasteiger partial charge in [0, 0.05) is 0 Å². The fraction of sp³-hybridized carbons (Fsp3) is 0.0769. The van der Waals surface area contributed by atoms with Crippen LogP contribution in [0.1, 0.15) is 15.9 Å². The monoisotopic (exact) mass is 324 g/mol. The van der Waals surface area contributed by atoms with Crippen LogP contribution in [-0.4, -0.2) is 10.9 Å². The normalized spacial score (nSPS) is 10.2. The molecule has 0 bridgehead atoms. The predicted octanol–water partition coefficient (Wildman–Crippen LogP) is 4.06. The van der Waals surface area contributed by atoms with Gasteiger partial charge < -0.3 is 5.32 Å². The van der Waals surface area contributed by atoms with Crippen molar-refractivity contribution in [3.05, 3.63) is 57.3 Å². The van der Waals surface area contributed by atoms with Gasteiger partial charge in [0.15, 0.2) is 0 Å². The fourth-order valence-corrected chi connectivity index (χ4v) is 1.91. The van der Waals surface area contributed by atoms with Crippen LogP contribution in [0.2, 0.25) is 5.02 Å². The van der Waals surface area contributed by atoms with Gasteiger partial charge in [-0.05, 0) is 46.6 Å². The fourth-order valence-electron chi connectivity index (χ4n) is 1.47. The first-order valence-electron chi connectivity index (χ1n) is 5.26. The maximum Gasteiger partial charge on any atom is 0.257 e. The summed E-state index contributed by atoms with van der Waals surface area (Å²) >= 11 is 9.27. The number of aromatic nitrogens is 1. The summed E-state index contributed by atoms with van der Waals surface area (Å²) < 4.78 is 0.762. The second-order valence-electron chi connectivity index (χ2n) is 3.77. The highest BCUT2D eigenvalue weighted by Gasteiger charge is 2.10. The zero-order chi connectivity index (χ0) is 13.1. The van der Waals surface area contributed by atoms with E-state index in [2.05, 4.69) is 26.2 Å². The highest BCUT2D eigenvalue weighted by molar-refractivity contribution is 9.10. The zero-order valence-electron chi connectivity index (χ0n) is 9.58. The topological polar surface area (TPSA) is 42.0 Å². The van der Waals surface area contributed by atoms with Crippen LogP contribution in [0.4, 0.5) is 5.69 Å². The second-order valence-corrected chi connectivity index (χ2v) is 4.92. The Labute approximate surface area is 118 Å². The Hall–Kier alpha value is -1.39. The molecule has 0 radical (unpaired) electrons. The van der Waals surface area contributed by atoms with Gasteiger partial charge in [0.1, 0.15) is 4.60 Å². The minimum absolute atomic E-state index is 0.246. The maximum atomic E-state index is 12.0. The molecule has 0 fully saturated rings. The minimum atomic E-state index is -0.246. The molecule has 5 heteroatoms. The number of aryl methyl sites for hydroxylation is 1. The van der Waals surface area contributed by atoms with Crippen LogP contribution in [0.15, 0.2) is 41.1 Å². The molecular formula is C13H10BrClN2O. The van der Waals surface area contributed by atoms with E-state index in [0.29, 0.717) is 16.3 Å². The lowest BCUT2D eigenvalue weighted by atomic mass is 10.2. The van der Waals surface area contributed by atoms with Crippen molar-refractivity contribution in [1.29, 1.82) is 0 Å². The molecular weight excluding hydrogens is 316 g/mol. The Morgan fingerprint density at radius 2 is 2.11 bits per heavy atom. The van der Waals surface area contributed by atoms with E-state index in [0.717, 1.165) is 10.2 Å². The van der Waals surface area contributed by atoms with Crippen LogP contribution < -0.4 is 5.32 Å². The number of carbonyl (C=O) groups is 1. The lowest BCUT2D eigenvalue weighted by Gasteiger charge is -2.07. The van der Waals surface area contributed by atoms with Gasteiger partial charge in [-0.15, -0.1) is 0 Å². The first kappa shape index (κ1) is 13.1. The van der Waals surface area contributed by atoms with Gasteiger partial charge in [-0.25, -0.2) is 4.98 Å². The molecule has 18 heavy (non-hydrogen) atoms. The van der Waals surface area contributed by atoms with Crippen molar-refractivity contribution in [2.24, 2.45) is 0 Å². The van der Waals surface area contributed by atoms with Gasteiger partial charge in [0.2, 0.25) is 0 Å². The van der Waals surface area contributed by atoms with Crippen molar-refractivity contribution in [2.75, 3.05) is 5.32 Å². The summed E-state index contributed by atoms with van der Waals surface area (Å²) in [5.41, 5.74) is 2.03. The van der Waals surface area contributed by atoms with E-state index in [1.807, 2.05) is 13.0 Å². The van der Waals surface area contributed by atoms with E-state index in [1.54, 1.807) is 30.5 Å². The molecule has 0 atom stereocenters. The Morgan fingerprint density at radius 1 is 1.39 bits per heavy atom. The summed E-state index contributed by atoms with van der Waals surface area (Å²) in [5, 5.41) is 3.19. The summed E-state index contributed by atoms with van der Waals surface area (Å²) in [6.45, 7) is 1.90. The molecule has 0 unspecified atom stereocenters. The van der Waals surface area contributed by atoms with Crippen LogP contribution in [0, 0.1) is 6.92 Å².